The van der Waals surface area contributed by atoms with E-state index >= 15 is 0 Å². The van der Waals surface area contributed by atoms with Crippen LogP contribution in [0.5, 0.6) is 0 Å². The van der Waals surface area contributed by atoms with Crippen molar-refractivity contribution in [2.24, 2.45) is 5.92 Å². The molecule has 1 amide bonds. The van der Waals surface area contributed by atoms with E-state index in [1.807, 2.05) is 0 Å². The molecule has 1 atom stereocenters. The fourth-order valence-electron chi connectivity index (χ4n) is 2.46. The summed E-state index contributed by atoms with van der Waals surface area (Å²) in [4.78, 5) is 27.1. The molecule has 8 heteroatoms. The van der Waals surface area contributed by atoms with Crippen molar-refractivity contribution in [2.45, 2.75) is 19.0 Å². The number of alkyl halides is 2. The molecule has 0 bridgehead atoms. The molecule has 1 aromatic rings. The van der Waals surface area contributed by atoms with Gasteiger partial charge in [-0.25, -0.2) is 13.6 Å². The van der Waals surface area contributed by atoms with Crippen LogP contribution in [0.4, 0.5) is 13.6 Å². The van der Waals surface area contributed by atoms with Gasteiger partial charge in [0.25, 0.3) is 5.92 Å². The summed E-state index contributed by atoms with van der Waals surface area (Å²) < 4.78 is 32.5. The third kappa shape index (κ3) is 4.71. The molecule has 2 rings (SSSR count). The molecule has 0 N–H and O–H groups in total. The number of carbonyl (C=O) groups excluding carboxylic acids is 2. The van der Waals surface area contributed by atoms with Crippen LogP contribution >= 0.6 is 0 Å². The highest BCUT2D eigenvalue weighted by Crippen LogP contribution is 2.31. The predicted octanol–water partition coefficient (Wildman–Crippen LogP) is 2.70. The Morgan fingerprint density at radius 2 is 2.04 bits per heavy atom. The fraction of sp³-hybridized carbons (Fsp3) is 0.467. The van der Waals surface area contributed by atoms with Gasteiger partial charge in [-0.05, 0) is 5.56 Å². The van der Waals surface area contributed by atoms with Gasteiger partial charge in [0.15, 0.2) is 0 Å². The lowest BCUT2D eigenvalue weighted by Crippen LogP contribution is -2.51. The van der Waals surface area contributed by atoms with Crippen molar-refractivity contribution in [1.82, 2.24) is 4.90 Å². The van der Waals surface area contributed by atoms with Crippen LogP contribution in [0.15, 0.2) is 30.3 Å². The molecule has 1 unspecified atom stereocenters. The summed E-state index contributed by atoms with van der Waals surface area (Å²) >= 11 is 0. The van der Waals surface area contributed by atoms with E-state index in [1.165, 1.54) is 0 Å². The van der Waals surface area contributed by atoms with Gasteiger partial charge in [0.05, 0.1) is 6.54 Å². The number of hydrogen-bond donors (Lipinski definition) is 0. The largest absolute Gasteiger partial charge is 0.445 e. The highest BCUT2D eigenvalue weighted by atomic mass is 19.3. The standard InChI is InChI=1S/C15H16F2N3O3/c16-15(17)6-12(13(21)7-19-18)8-20(10-15)14(22)23-9-11-4-2-1-3-5-11/h1-5,12H,6-10H2/q+1. The number of piperidine rings is 1. The monoisotopic (exact) mass is 324 g/mol. The number of ketones is 1. The molecule has 1 aliphatic rings. The molecule has 1 saturated heterocycles. The smallest absolute Gasteiger partial charge is 0.410 e. The SMILES string of the molecule is N#[N+]CC(=O)C1CN(C(=O)OCc2ccccc2)CC(F)(F)C1. The number of benzene rings is 1. The van der Waals surface area contributed by atoms with Crippen LogP contribution < -0.4 is 0 Å². The summed E-state index contributed by atoms with van der Waals surface area (Å²) in [6, 6.07) is 8.83. The van der Waals surface area contributed by atoms with E-state index in [9.17, 15) is 18.4 Å². The number of Topliss-reactive ketones (excluding diaryl/α,β-unsaturated/α-hetero) is 1. The van der Waals surface area contributed by atoms with Crippen LogP contribution in [0.2, 0.25) is 0 Å². The first kappa shape index (κ1) is 16.8. The predicted molar refractivity (Wildman–Crippen MR) is 76.2 cm³/mol. The minimum Gasteiger partial charge on any atom is -0.445 e. The molecule has 0 aromatic heterocycles. The lowest BCUT2D eigenvalue weighted by Gasteiger charge is -2.35. The second-order valence-corrected chi connectivity index (χ2v) is 5.44. The quantitative estimate of drug-likeness (QED) is 0.798. The summed E-state index contributed by atoms with van der Waals surface area (Å²) in [7, 11) is 0. The zero-order valence-corrected chi connectivity index (χ0v) is 12.3. The molecule has 122 valence electrons. The number of likely N-dealkylation sites (tertiary alicyclic amines) is 1. The third-order valence-corrected chi connectivity index (χ3v) is 3.55. The maximum Gasteiger partial charge on any atom is 0.410 e. The Kier molecular flexibility index (Phi) is 5.21. The van der Waals surface area contributed by atoms with Gasteiger partial charge in [-0.15, -0.1) is 0 Å². The van der Waals surface area contributed by atoms with E-state index < -0.39 is 43.2 Å². The summed E-state index contributed by atoms with van der Waals surface area (Å²) in [5.41, 5.74) is 0.733. The van der Waals surface area contributed by atoms with Gasteiger partial charge in [0.2, 0.25) is 11.2 Å². The minimum atomic E-state index is -3.18. The van der Waals surface area contributed by atoms with Crippen molar-refractivity contribution in [2.75, 3.05) is 19.6 Å². The average Bonchev–Trinajstić information content (AvgIpc) is 2.52. The first-order valence-electron chi connectivity index (χ1n) is 7.08. The van der Waals surface area contributed by atoms with Crippen molar-refractivity contribution in [1.29, 1.82) is 5.39 Å². The van der Waals surface area contributed by atoms with Crippen LogP contribution in [0.3, 0.4) is 0 Å². The van der Waals surface area contributed by atoms with Gasteiger partial charge in [-0.3, -0.25) is 4.79 Å². The van der Waals surface area contributed by atoms with E-state index in [4.69, 9.17) is 10.1 Å². The lowest BCUT2D eigenvalue weighted by atomic mass is 9.91. The highest BCUT2D eigenvalue weighted by molar-refractivity contribution is 5.85. The van der Waals surface area contributed by atoms with E-state index in [-0.39, 0.29) is 13.2 Å². The van der Waals surface area contributed by atoms with Crippen LogP contribution in [-0.4, -0.2) is 42.3 Å². The summed E-state index contributed by atoms with van der Waals surface area (Å²) in [5.74, 6) is -4.88. The van der Waals surface area contributed by atoms with Gasteiger partial charge < -0.3 is 9.64 Å². The minimum absolute atomic E-state index is 0.0354. The molecule has 6 nitrogen and oxygen atoms in total. The average molecular weight is 324 g/mol. The first-order valence-corrected chi connectivity index (χ1v) is 7.08. The molecule has 1 heterocycles. The van der Waals surface area contributed by atoms with Crippen molar-refractivity contribution in [3.8, 4) is 0 Å². The number of carbonyl (C=O) groups is 2. The lowest BCUT2D eigenvalue weighted by molar-refractivity contribution is -0.131. The van der Waals surface area contributed by atoms with Gasteiger partial charge in [0, 0.05) is 18.9 Å². The molecule has 23 heavy (non-hydrogen) atoms. The number of halogens is 2. The number of amides is 1. The summed E-state index contributed by atoms with van der Waals surface area (Å²) in [6.45, 7) is -1.56. The van der Waals surface area contributed by atoms with Crippen LogP contribution in [0, 0.1) is 11.3 Å². The Morgan fingerprint density at radius 1 is 1.35 bits per heavy atom. The number of rotatable bonds is 4. The van der Waals surface area contributed by atoms with E-state index in [1.54, 1.807) is 30.3 Å². The molecule has 0 aliphatic carbocycles. The second-order valence-electron chi connectivity index (χ2n) is 5.44. The number of hydrogen-bond acceptors (Lipinski definition) is 4. The molecule has 0 radical (unpaired) electrons. The summed E-state index contributed by atoms with van der Waals surface area (Å²) in [6.07, 6.45) is -1.56. The van der Waals surface area contributed by atoms with Gasteiger partial charge in [-0.1, -0.05) is 30.3 Å². The molecular formula is C15H16F2N3O3+. The van der Waals surface area contributed by atoms with Gasteiger partial charge in [0.1, 0.15) is 11.6 Å². The molecular weight excluding hydrogens is 308 g/mol. The number of diazo groups is 1. The van der Waals surface area contributed by atoms with Gasteiger partial charge in [-0.2, -0.15) is 0 Å². The van der Waals surface area contributed by atoms with Crippen molar-refractivity contribution < 1.29 is 23.1 Å². The maximum atomic E-state index is 13.7. The van der Waals surface area contributed by atoms with Crippen LogP contribution in [0.25, 0.3) is 4.98 Å². The highest BCUT2D eigenvalue weighted by Gasteiger charge is 2.45. The third-order valence-electron chi connectivity index (χ3n) is 3.55. The topological polar surface area (TPSA) is 74.8 Å². The Morgan fingerprint density at radius 3 is 2.70 bits per heavy atom. The Bertz CT molecular complexity index is 616. The summed E-state index contributed by atoms with van der Waals surface area (Å²) in [5, 5.41) is 8.39. The van der Waals surface area contributed by atoms with Crippen molar-refractivity contribution in [3.63, 3.8) is 0 Å². The Hall–Kier alpha value is -2.56. The maximum absolute atomic E-state index is 13.7. The first-order chi connectivity index (χ1) is 10.9. The molecule has 1 aliphatic heterocycles. The number of nitrogens with zero attached hydrogens (tertiary/aromatic N) is 3. The number of ether oxygens (including phenoxy) is 1. The van der Waals surface area contributed by atoms with Crippen LogP contribution in [0.1, 0.15) is 12.0 Å². The second kappa shape index (κ2) is 7.13. The van der Waals surface area contributed by atoms with E-state index in [0.717, 1.165) is 10.5 Å². The molecule has 0 saturated carbocycles. The molecule has 1 fully saturated rings. The molecule has 0 spiro atoms. The van der Waals surface area contributed by atoms with Crippen molar-refractivity contribution >= 4 is 11.9 Å². The molecule has 1 aromatic carbocycles. The normalized spacial score (nSPS) is 19.7. The van der Waals surface area contributed by atoms with Crippen LogP contribution in [-0.2, 0) is 16.1 Å². The van der Waals surface area contributed by atoms with Crippen molar-refractivity contribution in [3.05, 3.63) is 40.9 Å². The Balaban J connectivity index is 1.98. The Labute approximate surface area is 131 Å². The van der Waals surface area contributed by atoms with E-state index in [2.05, 4.69) is 4.98 Å². The van der Waals surface area contributed by atoms with Gasteiger partial charge >= 0.3 is 12.6 Å². The zero-order valence-electron chi connectivity index (χ0n) is 12.3. The van der Waals surface area contributed by atoms with E-state index in [0.29, 0.717) is 0 Å². The fourth-order valence-corrected chi connectivity index (χ4v) is 2.46. The zero-order chi connectivity index (χ0) is 16.9.